The number of esters is 1. The van der Waals surface area contributed by atoms with E-state index >= 15 is 0 Å². The number of fused-ring (bicyclic) bond motifs is 1. The monoisotopic (exact) mass is 383 g/mol. The number of halogens is 1. The Labute approximate surface area is 158 Å². The van der Waals surface area contributed by atoms with Crippen LogP contribution in [-0.4, -0.2) is 51.2 Å². The Morgan fingerprint density at radius 3 is 3.00 bits per heavy atom. The Balaban J connectivity index is 1.75. The van der Waals surface area contributed by atoms with Crippen molar-refractivity contribution in [3.8, 4) is 11.4 Å². The molecule has 0 spiro atoms. The van der Waals surface area contributed by atoms with E-state index in [-0.39, 0.29) is 10.9 Å². The van der Waals surface area contributed by atoms with Crippen molar-refractivity contribution in [1.82, 2.24) is 25.4 Å². The number of carbonyl (C=O) groups excluding carboxylic acids is 1. The van der Waals surface area contributed by atoms with E-state index in [1.165, 1.54) is 13.3 Å². The van der Waals surface area contributed by atoms with Gasteiger partial charge in [-0.2, -0.15) is 5.10 Å². The number of aliphatic imine (C=N–C) groups is 1. The molecule has 3 heterocycles. The number of H-pyrrole nitrogens is 1. The predicted octanol–water partition coefficient (Wildman–Crippen LogP) is 2.28. The van der Waals surface area contributed by atoms with E-state index in [0.29, 0.717) is 18.2 Å². The molecule has 0 aliphatic carbocycles. The standard InChI is InChI=1S/C17H14ClN7O2/c1-9-11-7-10(3-4-12(11)22-21-9)15-20-16(14(18)23-24-15)25-6-5-19-13(8-25)17(26)27-2/h3-5,7-8H,6H2,1-2H3,(H,21,22). The van der Waals surface area contributed by atoms with Gasteiger partial charge < -0.3 is 9.64 Å². The number of ether oxygens (including phenoxy) is 1. The van der Waals surface area contributed by atoms with Gasteiger partial charge in [0.05, 0.1) is 24.9 Å². The third-order valence-electron chi connectivity index (χ3n) is 4.09. The Kier molecular flexibility index (Phi) is 4.28. The summed E-state index contributed by atoms with van der Waals surface area (Å²) in [5, 5.41) is 16.4. The van der Waals surface area contributed by atoms with Gasteiger partial charge in [-0.05, 0) is 25.1 Å². The molecule has 27 heavy (non-hydrogen) atoms. The molecule has 136 valence electrons. The van der Waals surface area contributed by atoms with E-state index in [2.05, 4.69) is 30.4 Å². The summed E-state index contributed by atoms with van der Waals surface area (Å²) >= 11 is 6.20. The number of aromatic amines is 1. The van der Waals surface area contributed by atoms with Crippen molar-refractivity contribution in [2.45, 2.75) is 6.92 Å². The Bertz CT molecular complexity index is 1110. The van der Waals surface area contributed by atoms with Gasteiger partial charge >= 0.3 is 5.97 Å². The summed E-state index contributed by atoms with van der Waals surface area (Å²) in [5.41, 5.74) is 2.74. The molecule has 0 saturated carbocycles. The first kappa shape index (κ1) is 17.1. The van der Waals surface area contributed by atoms with Crippen LogP contribution in [0.3, 0.4) is 0 Å². The normalized spacial score (nSPS) is 13.7. The number of nitrogens with one attached hydrogen (secondary N) is 1. The maximum Gasteiger partial charge on any atom is 0.358 e. The number of nitrogens with zero attached hydrogens (tertiary/aromatic N) is 6. The lowest BCUT2D eigenvalue weighted by Crippen LogP contribution is -2.26. The van der Waals surface area contributed by atoms with Crippen molar-refractivity contribution in [2.75, 3.05) is 18.6 Å². The molecule has 1 aliphatic rings. The molecular formula is C17H14ClN7O2. The van der Waals surface area contributed by atoms with Crippen LogP contribution in [0.5, 0.6) is 0 Å². The van der Waals surface area contributed by atoms with Crippen LogP contribution in [0.25, 0.3) is 22.3 Å². The van der Waals surface area contributed by atoms with E-state index in [1.807, 2.05) is 25.1 Å². The Morgan fingerprint density at radius 1 is 1.33 bits per heavy atom. The number of methoxy groups -OCH3 is 1. The fourth-order valence-corrected chi connectivity index (χ4v) is 2.90. The third kappa shape index (κ3) is 3.13. The van der Waals surface area contributed by atoms with Crippen molar-refractivity contribution in [2.24, 2.45) is 4.99 Å². The molecule has 1 N–H and O–H groups in total. The van der Waals surface area contributed by atoms with E-state index in [4.69, 9.17) is 16.3 Å². The third-order valence-corrected chi connectivity index (χ3v) is 4.34. The van der Waals surface area contributed by atoms with Gasteiger partial charge in [-0.3, -0.25) is 10.1 Å². The number of benzene rings is 1. The molecule has 1 aromatic carbocycles. The lowest BCUT2D eigenvalue weighted by Gasteiger charge is -2.21. The van der Waals surface area contributed by atoms with Crippen molar-refractivity contribution in [3.63, 3.8) is 0 Å². The number of hydrogen-bond acceptors (Lipinski definition) is 8. The molecule has 1 aliphatic heterocycles. The van der Waals surface area contributed by atoms with Crippen molar-refractivity contribution in [3.05, 3.63) is 40.9 Å². The smallest absolute Gasteiger partial charge is 0.358 e. The average Bonchev–Trinajstić information content (AvgIpc) is 3.08. The fourth-order valence-electron chi connectivity index (χ4n) is 2.71. The first-order chi connectivity index (χ1) is 13.1. The van der Waals surface area contributed by atoms with Gasteiger partial charge in [-0.1, -0.05) is 11.6 Å². The zero-order chi connectivity index (χ0) is 19.0. The summed E-state index contributed by atoms with van der Waals surface area (Å²) in [4.78, 5) is 22.0. The maximum absolute atomic E-state index is 11.7. The minimum Gasteiger partial charge on any atom is -0.464 e. The lowest BCUT2D eigenvalue weighted by atomic mass is 10.1. The maximum atomic E-state index is 11.7. The molecule has 4 rings (SSSR count). The highest BCUT2D eigenvalue weighted by Gasteiger charge is 2.20. The van der Waals surface area contributed by atoms with Crippen LogP contribution >= 0.6 is 11.6 Å². The highest BCUT2D eigenvalue weighted by Crippen LogP contribution is 2.27. The number of aryl methyl sites for hydroxylation is 1. The van der Waals surface area contributed by atoms with Crippen LogP contribution in [0.2, 0.25) is 5.15 Å². The number of carbonyl (C=O) groups is 1. The second kappa shape index (κ2) is 6.76. The molecule has 3 aromatic rings. The van der Waals surface area contributed by atoms with Gasteiger partial charge in [-0.15, -0.1) is 10.2 Å². The minimum absolute atomic E-state index is 0.120. The quantitative estimate of drug-likeness (QED) is 0.691. The van der Waals surface area contributed by atoms with E-state index < -0.39 is 5.97 Å². The van der Waals surface area contributed by atoms with E-state index in [0.717, 1.165) is 22.2 Å². The van der Waals surface area contributed by atoms with Crippen molar-refractivity contribution < 1.29 is 9.53 Å². The molecule has 0 fully saturated rings. The van der Waals surface area contributed by atoms with Gasteiger partial charge in [0.2, 0.25) is 0 Å². The highest BCUT2D eigenvalue weighted by molar-refractivity contribution is 6.31. The van der Waals surface area contributed by atoms with Crippen LogP contribution in [0.1, 0.15) is 5.69 Å². The van der Waals surface area contributed by atoms with E-state index in [9.17, 15) is 4.79 Å². The van der Waals surface area contributed by atoms with Gasteiger partial charge in [0, 0.05) is 23.4 Å². The molecule has 0 atom stereocenters. The van der Waals surface area contributed by atoms with Crippen molar-refractivity contribution >= 4 is 40.5 Å². The molecule has 0 unspecified atom stereocenters. The minimum atomic E-state index is -0.546. The Morgan fingerprint density at radius 2 is 2.19 bits per heavy atom. The average molecular weight is 384 g/mol. The number of hydrogen-bond donors (Lipinski definition) is 1. The first-order valence-electron chi connectivity index (χ1n) is 8.01. The van der Waals surface area contributed by atoms with Crippen LogP contribution in [0.15, 0.2) is 35.1 Å². The van der Waals surface area contributed by atoms with Crippen LogP contribution in [-0.2, 0) is 9.53 Å². The second-order valence-corrected chi connectivity index (χ2v) is 6.15. The molecule has 2 aromatic heterocycles. The second-order valence-electron chi connectivity index (χ2n) is 5.79. The van der Waals surface area contributed by atoms with Crippen LogP contribution in [0.4, 0.5) is 5.82 Å². The number of rotatable bonds is 3. The van der Waals surface area contributed by atoms with Gasteiger partial charge in [-0.25, -0.2) is 9.78 Å². The van der Waals surface area contributed by atoms with Gasteiger partial charge in [0.15, 0.2) is 22.5 Å². The molecule has 10 heteroatoms. The van der Waals surface area contributed by atoms with Crippen LogP contribution < -0.4 is 4.90 Å². The molecular weight excluding hydrogens is 370 g/mol. The van der Waals surface area contributed by atoms with E-state index in [1.54, 1.807) is 11.1 Å². The summed E-state index contributed by atoms with van der Waals surface area (Å²) < 4.78 is 4.70. The largest absolute Gasteiger partial charge is 0.464 e. The molecule has 0 radical (unpaired) electrons. The zero-order valence-corrected chi connectivity index (χ0v) is 15.2. The first-order valence-corrected chi connectivity index (χ1v) is 8.39. The SMILES string of the molecule is COC(=O)C1=CN(c2nc(-c3ccc4[nH]nc(C)c4c3)nnc2Cl)CC=N1. The highest BCUT2D eigenvalue weighted by atomic mass is 35.5. The Hall–Kier alpha value is -3.33. The molecule has 0 bridgehead atoms. The van der Waals surface area contributed by atoms with Gasteiger partial charge in [0.25, 0.3) is 0 Å². The molecule has 0 saturated heterocycles. The molecule has 9 nitrogen and oxygen atoms in total. The fraction of sp³-hybridized carbons (Fsp3) is 0.176. The summed E-state index contributed by atoms with van der Waals surface area (Å²) in [7, 11) is 1.29. The summed E-state index contributed by atoms with van der Waals surface area (Å²) in [6.07, 6.45) is 3.10. The summed E-state index contributed by atoms with van der Waals surface area (Å²) in [5.74, 6) is 0.237. The topological polar surface area (TPSA) is 109 Å². The number of aromatic nitrogens is 5. The summed E-state index contributed by atoms with van der Waals surface area (Å²) in [6.45, 7) is 2.30. The molecule has 0 amide bonds. The lowest BCUT2D eigenvalue weighted by molar-refractivity contribution is -0.136. The van der Waals surface area contributed by atoms with Crippen LogP contribution in [0, 0.1) is 6.92 Å². The van der Waals surface area contributed by atoms with Crippen molar-refractivity contribution in [1.29, 1.82) is 0 Å². The summed E-state index contributed by atoms with van der Waals surface area (Å²) in [6, 6.07) is 5.73. The predicted molar refractivity (Wildman–Crippen MR) is 101 cm³/mol. The zero-order valence-electron chi connectivity index (χ0n) is 14.5. The van der Waals surface area contributed by atoms with Gasteiger partial charge in [0.1, 0.15) is 0 Å². The number of anilines is 1.